The van der Waals surface area contributed by atoms with Gasteiger partial charge < -0.3 is 10.2 Å². The van der Waals surface area contributed by atoms with Gasteiger partial charge in [-0.15, -0.1) is 0 Å². The van der Waals surface area contributed by atoms with Crippen molar-refractivity contribution < 1.29 is 10.2 Å². The standard InChI is InChI=1S/C23H36O2/c1-22-13-11-21-19(20(22)9-7-16(22)5-3-4-14-24)8-6-17-15-18(25)10-12-23(17,21)2/h3,14,16-21,24-25H,5-13,15H2,1-2H3/t4?,16?,17?,18?,19-,20-,21+,22+,23-/m0/s1. The monoisotopic (exact) mass is 344 g/mol. The summed E-state index contributed by atoms with van der Waals surface area (Å²) in [7, 11) is 0. The Morgan fingerprint density at radius 3 is 2.52 bits per heavy atom. The summed E-state index contributed by atoms with van der Waals surface area (Å²) in [4.78, 5) is 0. The SMILES string of the molecule is C[C@]12CCC(O)CC1CC[C@@H]1[C@H]2CC[C@]2(C)C(CC=C=CO)CC[C@@H]12. The maximum atomic E-state index is 10.2. The van der Waals surface area contributed by atoms with E-state index in [0.717, 1.165) is 55.1 Å². The van der Waals surface area contributed by atoms with Crippen molar-refractivity contribution in [2.45, 2.75) is 84.2 Å². The summed E-state index contributed by atoms with van der Waals surface area (Å²) in [6.07, 6.45) is 15.8. The molecule has 0 heterocycles. The van der Waals surface area contributed by atoms with Gasteiger partial charge >= 0.3 is 0 Å². The van der Waals surface area contributed by atoms with Crippen molar-refractivity contribution >= 4 is 0 Å². The molecule has 2 nitrogen and oxygen atoms in total. The van der Waals surface area contributed by atoms with Gasteiger partial charge in [0.25, 0.3) is 0 Å². The molecule has 0 aromatic carbocycles. The van der Waals surface area contributed by atoms with Gasteiger partial charge in [-0.25, -0.2) is 0 Å². The minimum Gasteiger partial charge on any atom is -0.507 e. The van der Waals surface area contributed by atoms with E-state index in [1.54, 1.807) is 0 Å². The first-order valence-corrected chi connectivity index (χ1v) is 10.7. The molecule has 2 N–H and O–H groups in total. The predicted molar refractivity (Wildman–Crippen MR) is 101 cm³/mol. The van der Waals surface area contributed by atoms with Gasteiger partial charge in [0.1, 0.15) is 6.26 Å². The molecule has 0 aromatic rings. The van der Waals surface area contributed by atoms with E-state index in [-0.39, 0.29) is 6.10 Å². The highest BCUT2D eigenvalue weighted by atomic mass is 16.3. The summed E-state index contributed by atoms with van der Waals surface area (Å²) >= 11 is 0. The Hall–Kier alpha value is -0.720. The quantitative estimate of drug-likeness (QED) is 0.504. The van der Waals surface area contributed by atoms with Crippen molar-refractivity contribution in [1.82, 2.24) is 0 Å². The van der Waals surface area contributed by atoms with Gasteiger partial charge in [0.05, 0.1) is 6.10 Å². The van der Waals surface area contributed by atoms with Crippen LogP contribution < -0.4 is 0 Å². The van der Waals surface area contributed by atoms with Crippen LogP contribution in [0.15, 0.2) is 18.1 Å². The normalized spacial score (nSPS) is 51.6. The molecule has 2 heteroatoms. The van der Waals surface area contributed by atoms with Crippen molar-refractivity contribution in [3.8, 4) is 0 Å². The molecule has 4 saturated carbocycles. The van der Waals surface area contributed by atoms with Gasteiger partial charge in [-0.05, 0) is 111 Å². The zero-order valence-corrected chi connectivity index (χ0v) is 16.1. The van der Waals surface area contributed by atoms with Gasteiger partial charge in [-0.2, -0.15) is 0 Å². The molecule has 0 amide bonds. The van der Waals surface area contributed by atoms with Crippen molar-refractivity contribution in [2.24, 2.45) is 40.4 Å². The molecule has 25 heavy (non-hydrogen) atoms. The van der Waals surface area contributed by atoms with E-state index >= 15 is 0 Å². The van der Waals surface area contributed by atoms with Gasteiger partial charge in [-0.1, -0.05) is 19.6 Å². The largest absolute Gasteiger partial charge is 0.507 e. The number of allylic oxidation sites excluding steroid dienone is 1. The van der Waals surface area contributed by atoms with Gasteiger partial charge in [-0.3, -0.25) is 0 Å². The molecule has 0 saturated heterocycles. The molecule has 4 aliphatic carbocycles. The summed E-state index contributed by atoms with van der Waals surface area (Å²) in [5, 5.41) is 19.0. The molecule has 0 radical (unpaired) electrons. The van der Waals surface area contributed by atoms with Crippen molar-refractivity contribution in [2.75, 3.05) is 0 Å². The summed E-state index contributed by atoms with van der Waals surface area (Å²) in [6.45, 7) is 5.14. The fourth-order valence-corrected chi connectivity index (χ4v) is 7.99. The molecular weight excluding hydrogens is 308 g/mol. The Labute approximate surface area is 153 Å². The molecule has 0 spiro atoms. The first-order chi connectivity index (χ1) is 12.0. The third-order valence-electron chi connectivity index (χ3n) is 9.43. The molecular formula is C23H36O2. The highest BCUT2D eigenvalue weighted by Crippen LogP contribution is 2.67. The van der Waals surface area contributed by atoms with Crippen molar-refractivity contribution in [3.63, 3.8) is 0 Å². The minimum absolute atomic E-state index is 0.0364. The van der Waals surface area contributed by atoms with Crippen LogP contribution in [0.4, 0.5) is 0 Å². The molecule has 4 aliphatic rings. The Morgan fingerprint density at radius 1 is 0.960 bits per heavy atom. The second-order valence-electron chi connectivity index (χ2n) is 10.1. The van der Waals surface area contributed by atoms with E-state index in [9.17, 15) is 5.11 Å². The van der Waals surface area contributed by atoms with Crippen LogP contribution in [0.25, 0.3) is 0 Å². The average molecular weight is 345 g/mol. The topological polar surface area (TPSA) is 40.5 Å². The van der Waals surface area contributed by atoms with Crippen LogP contribution in [0.1, 0.15) is 78.1 Å². The molecule has 4 fully saturated rings. The fraction of sp³-hybridized carbons (Fsp3) is 0.870. The molecule has 8 atom stereocenters. The van der Waals surface area contributed by atoms with Crippen LogP contribution in [0, 0.1) is 40.4 Å². The lowest BCUT2D eigenvalue weighted by Crippen LogP contribution is -2.53. The van der Waals surface area contributed by atoms with Gasteiger partial charge in [0.2, 0.25) is 0 Å². The lowest BCUT2D eigenvalue weighted by atomic mass is 9.44. The Balaban J connectivity index is 1.55. The Bertz CT molecular complexity index is 562. The van der Waals surface area contributed by atoms with Gasteiger partial charge in [0.15, 0.2) is 0 Å². The van der Waals surface area contributed by atoms with Gasteiger partial charge in [0, 0.05) is 0 Å². The smallest absolute Gasteiger partial charge is 0.121 e. The van der Waals surface area contributed by atoms with Crippen LogP contribution in [0.5, 0.6) is 0 Å². The molecule has 140 valence electrons. The van der Waals surface area contributed by atoms with Crippen LogP contribution in [-0.4, -0.2) is 16.3 Å². The minimum atomic E-state index is -0.0364. The van der Waals surface area contributed by atoms with Crippen LogP contribution in [0.3, 0.4) is 0 Å². The van der Waals surface area contributed by atoms with E-state index in [1.165, 1.54) is 44.9 Å². The highest BCUT2D eigenvalue weighted by molar-refractivity contribution is 5.09. The molecule has 0 aliphatic heterocycles. The number of rotatable bonds is 2. The number of aliphatic hydroxyl groups is 2. The first kappa shape index (κ1) is 17.7. The summed E-state index contributed by atoms with van der Waals surface area (Å²) in [5.41, 5.74) is 3.85. The fourth-order valence-electron chi connectivity index (χ4n) is 7.99. The summed E-state index contributed by atoms with van der Waals surface area (Å²) in [6, 6.07) is 0. The molecule has 4 rings (SSSR count). The molecule has 0 aromatic heterocycles. The van der Waals surface area contributed by atoms with Crippen LogP contribution >= 0.6 is 0 Å². The highest BCUT2D eigenvalue weighted by Gasteiger charge is 2.59. The van der Waals surface area contributed by atoms with E-state index in [2.05, 4.69) is 19.6 Å². The third kappa shape index (κ3) is 2.72. The second-order valence-corrected chi connectivity index (χ2v) is 10.1. The number of hydrogen-bond donors (Lipinski definition) is 2. The maximum absolute atomic E-state index is 10.2. The second kappa shape index (κ2) is 6.46. The summed E-state index contributed by atoms with van der Waals surface area (Å²) in [5.74, 6) is 4.23. The van der Waals surface area contributed by atoms with Crippen molar-refractivity contribution in [3.05, 3.63) is 18.1 Å². The van der Waals surface area contributed by atoms with E-state index in [1.807, 2.05) is 6.08 Å². The Kier molecular flexibility index (Phi) is 4.57. The molecule has 3 unspecified atom stereocenters. The van der Waals surface area contributed by atoms with E-state index in [4.69, 9.17) is 5.11 Å². The zero-order valence-electron chi connectivity index (χ0n) is 16.1. The maximum Gasteiger partial charge on any atom is 0.121 e. The Morgan fingerprint density at radius 2 is 1.72 bits per heavy atom. The first-order valence-electron chi connectivity index (χ1n) is 10.7. The number of fused-ring (bicyclic) bond motifs is 5. The molecule has 0 bridgehead atoms. The predicted octanol–water partition coefficient (Wildman–Crippen LogP) is 5.62. The third-order valence-corrected chi connectivity index (χ3v) is 9.43. The zero-order chi connectivity index (χ0) is 17.7. The van der Waals surface area contributed by atoms with E-state index < -0.39 is 0 Å². The van der Waals surface area contributed by atoms with Crippen molar-refractivity contribution in [1.29, 1.82) is 0 Å². The van der Waals surface area contributed by atoms with Crippen LogP contribution in [0.2, 0.25) is 0 Å². The van der Waals surface area contributed by atoms with Crippen LogP contribution in [-0.2, 0) is 0 Å². The lowest BCUT2D eigenvalue weighted by Gasteiger charge is -2.61. The lowest BCUT2D eigenvalue weighted by molar-refractivity contribution is -0.126. The summed E-state index contributed by atoms with van der Waals surface area (Å²) < 4.78 is 0. The number of aliphatic hydroxyl groups excluding tert-OH is 2. The van der Waals surface area contributed by atoms with E-state index in [0.29, 0.717) is 10.8 Å². The number of hydrogen-bond acceptors (Lipinski definition) is 2. The average Bonchev–Trinajstić information content (AvgIpc) is 2.92.